The average Bonchev–Trinajstić information content (AvgIpc) is 2.62. The molecule has 0 radical (unpaired) electrons. The number of nitrogens with two attached hydrogens (primary N) is 1. The summed E-state index contributed by atoms with van der Waals surface area (Å²) in [5.74, 6) is 1.43. The van der Waals surface area contributed by atoms with E-state index in [0.717, 1.165) is 29.1 Å². The molecule has 2 N–H and O–H groups in total. The lowest BCUT2D eigenvalue weighted by Gasteiger charge is -2.23. The number of nitrogens with zero attached hydrogens (tertiary/aromatic N) is 3. The minimum atomic E-state index is 0.484. The molecule has 104 valence electrons. The molecule has 0 aliphatic carbocycles. The number of hydrogen-bond donors (Lipinski definition) is 1. The number of thiophene rings is 1. The van der Waals surface area contributed by atoms with Crippen LogP contribution in [-0.2, 0) is 6.54 Å². The molecule has 2 aromatic rings. The summed E-state index contributed by atoms with van der Waals surface area (Å²) >= 11 is 1.70. The first kappa shape index (κ1) is 14.2. The molecule has 4 nitrogen and oxygen atoms in total. The van der Waals surface area contributed by atoms with E-state index in [-0.39, 0.29) is 0 Å². The van der Waals surface area contributed by atoms with Gasteiger partial charge < -0.3 is 5.73 Å². The summed E-state index contributed by atoms with van der Waals surface area (Å²) in [6.45, 7) is 12.5. The molecule has 0 unspecified atom stereocenters. The molecule has 0 spiro atoms. The highest BCUT2D eigenvalue weighted by Crippen LogP contribution is 2.31. The first-order valence-corrected chi connectivity index (χ1v) is 7.51. The molecule has 2 aromatic heterocycles. The van der Waals surface area contributed by atoms with Crippen LogP contribution in [0.25, 0.3) is 10.2 Å². The SMILES string of the molecule is CCN(Cc1nc(N)c2c(C)c(C)sc2n1)C(C)C. The first-order chi connectivity index (χ1) is 8.93. The Morgan fingerprint density at radius 3 is 2.53 bits per heavy atom. The highest BCUT2D eigenvalue weighted by atomic mass is 32.1. The topological polar surface area (TPSA) is 55.0 Å². The van der Waals surface area contributed by atoms with Crippen LogP contribution < -0.4 is 5.73 Å². The van der Waals surface area contributed by atoms with Crippen LogP contribution in [-0.4, -0.2) is 27.5 Å². The number of hydrogen-bond acceptors (Lipinski definition) is 5. The smallest absolute Gasteiger partial charge is 0.146 e. The average molecular weight is 278 g/mol. The van der Waals surface area contributed by atoms with Gasteiger partial charge in [0.25, 0.3) is 0 Å². The summed E-state index contributed by atoms with van der Waals surface area (Å²) in [5, 5.41) is 1.03. The second-order valence-electron chi connectivity index (χ2n) is 5.15. The Kier molecular flexibility index (Phi) is 4.06. The van der Waals surface area contributed by atoms with E-state index >= 15 is 0 Å². The quantitative estimate of drug-likeness (QED) is 0.933. The summed E-state index contributed by atoms with van der Waals surface area (Å²) in [6.07, 6.45) is 0. The van der Waals surface area contributed by atoms with Gasteiger partial charge in [0, 0.05) is 10.9 Å². The fraction of sp³-hybridized carbons (Fsp3) is 0.571. The third-order valence-electron chi connectivity index (χ3n) is 3.58. The standard InChI is InChI=1S/C14H22N4S/c1-6-18(8(2)3)7-11-16-13(15)12-9(4)10(5)19-14(12)17-11/h8H,6-7H2,1-5H3,(H2,15,16,17). The van der Waals surface area contributed by atoms with Crippen molar-refractivity contribution in [2.75, 3.05) is 12.3 Å². The molecule has 0 saturated heterocycles. The second kappa shape index (κ2) is 5.43. The largest absolute Gasteiger partial charge is 0.383 e. The maximum atomic E-state index is 6.10. The Hall–Kier alpha value is -1.20. The highest BCUT2D eigenvalue weighted by Gasteiger charge is 2.15. The van der Waals surface area contributed by atoms with Gasteiger partial charge in [0.05, 0.1) is 11.9 Å². The molecule has 0 aliphatic rings. The number of fused-ring (bicyclic) bond motifs is 1. The molecule has 2 heterocycles. The van der Waals surface area contributed by atoms with E-state index in [4.69, 9.17) is 5.73 Å². The molecule has 0 amide bonds. The number of rotatable bonds is 4. The molecule has 0 saturated carbocycles. The van der Waals surface area contributed by atoms with E-state index in [2.05, 4.69) is 49.5 Å². The molecule has 0 atom stereocenters. The Morgan fingerprint density at radius 2 is 1.95 bits per heavy atom. The lowest BCUT2D eigenvalue weighted by atomic mass is 10.2. The van der Waals surface area contributed by atoms with E-state index in [1.165, 1.54) is 10.4 Å². The van der Waals surface area contributed by atoms with E-state index in [9.17, 15) is 0 Å². The normalized spacial score (nSPS) is 11.9. The van der Waals surface area contributed by atoms with Gasteiger partial charge in [-0.3, -0.25) is 4.90 Å². The molecule has 0 aliphatic heterocycles. The van der Waals surface area contributed by atoms with Gasteiger partial charge in [0.2, 0.25) is 0 Å². The predicted octanol–water partition coefficient (Wildman–Crippen LogP) is 3.12. The van der Waals surface area contributed by atoms with E-state index < -0.39 is 0 Å². The minimum absolute atomic E-state index is 0.484. The van der Waals surface area contributed by atoms with E-state index in [0.29, 0.717) is 11.9 Å². The zero-order chi connectivity index (χ0) is 14.2. The van der Waals surface area contributed by atoms with Gasteiger partial charge in [-0.25, -0.2) is 9.97 Å². The van der Waals surface area contributed by atoms with Crippen molar-refractivity contribution in [2.45, 2.75) is 47.2 Å². The lowest BCUT2D eigenvalue weighted by molar-refractivity contribution is 0.219. The summed E-state index contributed by atoms with van der Waals surface area (Å²) < 4.78 is 0. The maximum Gasteiger partial charge on any atom is 0.146 e. The summed E-state index contributed by atoms with van der Waals surface area (Å²) in [7, 11) is 0. The highest BCUT2D eigenvalue weighted by molar-refractivity contribution is 7.18. The van der Waals surface area contributed by atoms with Crippen molar-refractivity contribution in [3.05, 3.63) is 16.3 Å². The molecule has 5 heteroatoms. The lowest BCUT2D eigenvalue weighted by Crippen LogP contribution is -2.30. The third-order valence-corrected chi connectivity index (χ3v) is 4.69. The van der Waals surface area contributed by atoms with Gasteiger partial charge in [-0.15, -0.1) is 11.3 Å². The molecule has 0 aromatic carbocycles. The van der Waals surface area contributed by atoms with Gasteiger partial charge in [0.15, 0.2) is 0 Å². The van der Waals surface area contributed by atoms with Gasteiger partial charge >= 0.3 is 0 Å². The molecular weight excluding hydrogens is 256 g/mol. The Bertz CT molecular complexity index is 589. The van der Waals surface area contributed by atoms with Crippen molar-refractivity contribution in [3.8, 4) is 0 Å². The molecule has 0 bridgehead atoms. The van der Waals surface area contributed by atoms with Crippen molar-refractivity contribution >= 4 is 27.4 Å². The van der Waals surface area contributed by atoms with Gasteiger partial charge in [-0.2, -0.15) is 0 Å². The van der Waals surface area contributed by atoms with Gasteiger partial charge in [0.1, 0.15) is 16.5 Å². The van der Waals surface area contributed by atoms with E-state index in [1.807, 2.05) is 0 Å². The molecule has 0 fully saturated rings. The zero-order valence-corrected chi connectivity index (χ0v) is 13.1. The van der Waals surface area contributed by atoms with Crippen LogP contribution in [0.1, 0.15) is 37.0 Å². The fourth-order valence-corrected chi connectivity index (χ4v) is 3.29. The van der Waals surface area contributed by atoms with Crippen LogP contribution in [0.4, 0.5) is 5.82 Å². The third kappa shape index (κ3) is 2.72. The maximum absolute atomic E-state index is 6.10. The number of anilines is 1. The van der Waals surface area contributed by atoms with Crippen LogP contribution in [0.15, 0.2) is 0 Å². The predicted molar refractivity (Wildman–Crippen MR) is 82.5 cm³/mol. The monoisotopic (exact) mass is 278 g/mol. The zero-order valence-electron chi connectivity index (χ0n) is 12.3. The van der Waals surface area contributed by atoms with Crippen LogP contribution in [0.5, 0.6) is 0 Å². The Morgan fingerprint density at radius 1 is 1.26 bits per heavy atom. The molecule has 2 rings (SSSR count). The van der Waals surface area contributed by atoms with Crippen molar-refractivity contribution in [3.63, 3.8) is 0 Å². The Labute approximate surface area is 118 Å². The van der Waals surface area contributed by atoms with Crippen LogP contribution >= 0.6 is 11.3 Å². The summed E-state index contributed by atoms with van der Waals surface area (Å²) in [6, 6.07) is 0.484. The second-order valence-corrected chi connectivity index (χ2v) is 6.35. The number of aromatic nitrogens is 2. The van der Waals surface area contributed by atoms with Crippen molar-refractivity contribution in [1.29, 1.82) is 0 Å². The first-order valence-electron chi connectivity index (χ1n) is 6.70. The summed E-state index contributed by atoms with van der Waals surface area (Å²) in [5.41, 5.74) is 7.31. The van der Waals surface area contributed by atoms with Crippen molar-refractivity contribution in [1.82, 2.24) is 14.9 Å². The van der Waals surface area contributed by atoms with E-state index in [1.54, 1.807) is 11.3 Å². The van der Waals surface area contributed by atoms with Crippen molar-refractivity contribution < 1.29 is 0 Å². The number of nitrogen functional groups attached to an aromatic ring is 1. The van der Waals surface area contributed by atoms with Crippen LogP contribution in [0.2, 0.25) is 0 Å². The van der Waals surface area contributed by atoms with Crippen molar-refractivity contribution in [2.24, 2.45) is 0 Å². The fourth-order valence-electron chi connectivity index (χ4n) is 2.24. The van der Waals surface area contributed by atoms with Gasteiger partial charge in [-0.05, 0) is 39.8 Å². The minimum Gasteiger partial charge on any atom is -0.383 e. The number of aryl methyl sites for hydroxylation is 2. The Balaban J connectivity index is 2.41. The van der Waals surface area contributed by atoms with Crippen LogP contribution in [0, 0.1) is 13.8 Å². The van der Waals surface area contributed by atoms with Crippen LogP contribution in [0.3, 0.4) is 0 Å². The summed E-state index contributed by atoms with van der Waals surface area (Å²) in [4.78, 5) is 13.8. The molecular formula is C14H22N4S. The van der Waals surface area contributed by atoms with Gasteiger partial charge in [-0.1, -0.05) is 6.92 Å². The molecule has 19 heavy (non-hydrogen) atoms.